The van der Waals surface area contributed by atoms with Gasteiger partial charge in [-0.15, -0.1) is 0 Å². The van der Waals surface area contributed by atoms with Gasteiger partial charge in [-0.1, -0.05) is 12.1 Å². The van der Waals surface area contributed by atoms with Crippen molar-refractivity contribution in [2.75, 3.05) is 27.2 Å². The Kier molecular flexibility index (Phi) is 5.02. The van der Waals surface area contributed by atoms with Gasteiger partial charge in [0.1, 0.15) is 0 Å². The third-order valence-corrected chi connectivity index (χ3v) is 3.23. The van der Waals surface area contributed by atoms with Gasteiger partial charge in [-0.25, -0.2) is 0 Å². The first-order chi connectivity index (χ1) is 10.1. The fourth-order valence-electron chi connectivity index (χ4n) is 2.12. The highest BCUT2D eigenvalue weighted by Crippen LogP contribution is 2.25. The van der Waals surface area contributed by atoms with E-state index in [4.69, 9.17) is 0 Å². The molecular formula is C14H19N5O2. The molecule has 1 heterocycles. The second-order valence-electron chi connectivity index (χ2n) is 4.91. The molecule has 0 saturated carbocycles. The van der Waals surface area contributed by atoms with Crippen LogP contribution < -0.4 is 5.32 Å². The van der Waals surface area contributed by atoms with E-state index in [0.29, 0.717) is 0 Å². The lowest BCUT2D eigenvalue weighted by Crippen LogP contribution is -2.26. The normalized spacial score (nSPS) is 11.0. The van der Waals surface area contributed by atoms with E-state index in [9.17, 15) is 10.1 Å². The van der Waals surface area contributed by atoms with Crippen LogP contribution in [0.25, 0.3) is 11.3 Å². The first-order valence-corrected chi connectivity index (χ1v) is 6.72. The van der Waals surface area contributed by atoms with Gasteiger partial charge in [-0.3, -0.25) is 15.2 Å². The molecule has 0 fully saturated rings. The number of H-pyrrole nitrogens is 1. The predicted molar refractivity (Wildman–Crippen MR) is 80.9 cm³/mol. The SMILES string of the molecule is CNCCN(C)Cc1c[nH]nc1-c1cccc([N+](=O)[O-])c1. The molecule has 7 heteroatoms. The average molecular weight is 289 g/mol. The topological polar surface area (TPSA) is 87.1 Å². The molecule has 112 valence electrons. The monoisotopic (exact) mass is 289 g/mol. The van der Waals surface area contributed by atoms with Crippen molar-refractivity contribution in [2.24, 2.45) is 0 Å². The van der Waals surface area contributed by atoms with E-state index in [2.05, 4.69) is 20.4 Å². The maximum Gasteiger partial charge on any atom is 0.270 e. The minimum absolute atomic E-state index is 0.0741. The maximum atomic E-state index is 10.9. The molecular weight excluding hydrogens is 270 g/mol. The van der Waals surface area contributed by atoms with Crippen LogP contribution in [0.1, 0.15) is 5.56 Å². The number of nitrogens with one attached hydrogen (secondary N) is 2. The molecule has 21 heavy (non-hydrogen) atoms. The summed E-state index contributed by atoms with van der Waals surface area (Å²) in [7, 11) is 3.95. The molecule has 0 aliphatic heterocycles. The van der Waals surface area contributed by atoms with Crippen LogP contribution in [0.3, 0.4) is 0 Å². The highest BCUT2D eigenvalue weighted by molar-refractivity contribution is 5.65. The Morgan fingerprint density at radius 3 is 3.00 bits per heavy atom. The third-order valence-electron chi connectivity index (χ3n) is 3.23. The van der Waals surface area contributed by atoms with Crippen LogP contribution in [0.5, 0.6) is 0 Å². The van der Waals surface area contributed by atoms with Crippen molar-refractivity contribution in [1.82, 2.24) is 20.4 Å². The number of hydrogen-bond acceptors (Lipinski definition) is 5. The number of aromatic nitrogens is 2. The summed E-state index contributed by atoms with van der Waals surface area (Å²) in [5.74, 6) is 0. The minimum atomic E-state index is -0.394. The van der Waals surface area contributed by atoms with Gasteiger partial charge in [0.15, 0.2) is 0 Å². The summed E-state index contributed by atoms with van der Waals surface area (Å²) in [5.41, 5.74) is 2.61. The van der Waals surface area contributed by atoms with Crippen molar-refractivity contribution in [3.63, 3.8) is 0 Å². The standard InChI is InChI=1S/C14H19N5O2/c1-15-6-7-18(2)10-12-9-16-17-14(12)11-4-3-5-13(8-11)19(20)21/h3-5,8-9,15H,6-7,10H2,1-2H3,(H,16,17). The number of likely N-dealkylation sites (N-methyl/N-ethyl adjacent to an activating group) is 2. The van der Waals surface area contributed by atoms with Crippen molar-refractivity contribution in [3.8, 4) is 11.3 Å². The molecule has 2 aromatic rings. The minimum Gasteiger partial charge on any atom is -0.318 e. The van der Waals surface area contributed by atoms with E-state index >= 15 is 0 Å². The number of benzene rings is 1. The van der Waals surface area contributed by atoms with E-state index in [1.165, 1.54) is 6.07 Å². The zero-order valence-corrected chi connectivity index (χ0v) is 12.2. The third kappa shape index (κ3) is 3.87. The van der Waals surface area contributed by atoms with E-state index in [0.717, 1.165) is 36.5 Å². The molecule has 0 radical (unpaired) electrons. The molecule has 1 aromatic carbocycles. The van der Waals surface area contributed by atoms with E-state index in [1.807, 2.05) is 26.4 Å². The van der Waals surface area contributed by atoms with Crippen LogP contribution >= 0.6 is 0 Å². The lowest BCUT2D eigenvalue weighted by molar-refractivity contribution is -0.384. The molecule has 0 atom stereocenters. The van der Waals surface area contributed by atoms with Crippen molar-refractivity contribution in [1.29, 1.82) is 0 Å². The highest BCUT2D eigenvalue weighted by Gasteiger charge is 2.13. The van der Waals surface area contributed by atoms with Crippen molar-refractivity contribution < 1.29 is 4.92 Å². The summed E-state index contributed by atoms with van der Waals surface area (Å²) in [5, 5.41) is 21.0. The van der Waals surface area contributed by atoms with Gasteiger partial charge in [-0.2, -0.15) is 5.10 Å². The summed E-state index contributed by atoms with van der Waals surface area (Å²) < 4.78 is 0. The van der Waals surface area contributed by atoms with Gasteiger partial charge in [0.25, 0.3) is 5.69 Å². The van der Waals surface area contributed by atoms with Crippen LogP contribution in [-0.2, 0) is 6.54 Å². The van der Waals surface area contributed by atoms with Crippen LogP contribution in [-0.4, -0.2) is 47.2 Å². The molecule has 7 nitrogen and oxygen atoms in total. The van der Waals surface area contributed by atoms with Crippen molar-refractivity contribution in [2.45, 2.75) is 6.54 Å². The molecule has 2 N–H and O–H groups in total. The molecule has 0 amide bonds. The smallest absolute Gasteiger partial charge is 0.270 e. The van der Waals surface area contributed by atoms with Crippen LogP contribution in [0.4, 0.5) is 5.69 Å². The zero-order chi connectivity index (χ0) is 15.2. The largest absolute Gasteiger partial charge is 0.318 e. The van der Waals surface area contributed by atoms with Crippen LogP contribution in [0, 0.1) is 10.1 Å². The molecule has 0 spiro atoms. The zero-order valence-electron chi connectivity index (χ0n) is 12.2. The van der Waals surface area contributed by atoms with Gasteiger partial charge in [0, 0.05) is 49.1 Å². The Balaban J connectivity index is 2.20. The summed E-state index contributed by atoms with van der Waals surface area (Å²) in [6.45, 7) is 2.55. The predicted octanol–water partition coefficient (Wildman–Crippen LogP) is 1.64. The summed E-state index contributed by atoms with van der Waals surface area (Å²) in [6, 6.07) is 6.54. The second-order valence-corrected chi connectivity index (χ2v) is 4.91. The molecule has 0 aliphatic carbocycles. The molecule has 0 saturated heterocycles. The fraction of sp³-hybridized carbons (Fsp3) is 0.357. The van der Waals surface area contributed by atoms with Gasteiger partial charge >= 0.3 is 0 Å². The highest BCUT2D eigenvalue weighted by atomic mass is 16.6. The summed E-state index contributed by atoms with van der Waals surface area (Å²) in [6.07, 6.45) is 1.84. The lowest BCUT2D eigenvalue weighted by Gasteiger charge is -2.16. The number of nitro benzene ring substituents is 1. The average Bonchev–Trinajstić information content (AvgIpc) is 2.93. The lowest BCUT2D eigenvalue weighted by atomic mass is 10.1. The molecule has 2 rings (SSSR count). The Morgan fingerprint density at radius 1 is 1.48 bits per heavy atom. The number of rotatable bonds is 7. The Bertz CT molecular complexity index is 611. The Labute approximate surface area is 123 Å². The molecule has 1 aromatic heterocycles. The molecule has 0 aliphatic rings. The molecule has 0 bridgehead atoms. The van der Waals surface area contributed by atoms with Crippen LogP contribution in [0.15, 0.2) is 30.5 Å². The van der Waals surface area contributed by atoms with Gasteiger partial charge in [0.2, 0.25) is 0 Å². The summed E-state index contributed by atoms with van der Waals surface area (Å²) >= 11 is 0. The Morgan fingerprint density at radius 2 is 2.29 bits per heavy atom. The van der Waals surface area contributed by atoms with Gasteiger partial charge in [0.05, 0.1) is 10.6 Å². The number of nitrogens with zero attached hydrogens (tertiary/aromatic N) is 3. The van der Waals surface area contributed by atoms with E-state index in [1.54, 1.807) is 12.1 Å². The van der Waals surface area contributed by atoms with Crippen molar-refractivity contribution >= 4 is 5.69 Å². The summed E-state index contributed by atoms with van der Waals surface area (Å²) in [4.78, 5) is 12.6. The Hall–Kier alpha value is -2.25. The first kappa shape index (κ1) is 15.1. The number of hydrogen-bond donors (Lipinski definition) is 2. The van der Waals surface area contributed by atoms with Crippen molar-refractivity contribution in [3.05, 3.63) is 46.1 Å². The maximum absolute atomic E-state index is 10.9. The number of non-ortho nitro benzene ring substituents is 1. The van der Waals surface area contributed by atoms with Gasteiger partial charge in [-0.05, 0) is 14.1 Å². The van der Waals surface area contributed by atoms with Crippen LogP contribution in [0.2, 0.25) is 0 Å². The van der Waals surface area contributed by atoms with E-state index < -0.39 is 4.92 Å². The first-order valence-electron chi connectivity index (χ1n) is 6.72. The molecule has 0 unspecified atom stereocenters. The number of aromatic amines is 1. The van der Waals surface area contributed by atoms with Gasteiger partial charge < -0.3 is 10.2 Å². The fourth-order valence-corrected chi connectivity index (χ4v) is 2.12. The quantitative estimate of drug-likeness (QED) is 0.597. The van der Waals surface area contributed by atoms with E-state index in [-0.39, 0.29) is 5.69 Å². The number of nitro groups is 1. The second kappa shape index (κ2) is 6.96.